The smallest absolute Gasteiger partial charge is 0.240 e. The molecule has 0 amide bonds. The van der Waals surface area contributed by atoms with Crippen molar-refractivity contribution in [2.24, 2.45) is 0 Å². The first-order valence-electron chi connectivity index (χ1n) is 10.1. The third-order valence-corrected chi connectivity index (χ3v) is 7.14. The molecule has 3 atom stereocenters. The molecule has 0 aliphatic heterocycles. The minimum Gasteiger partial charge on any atom is -0.494 e. The molecule has 164 valence electrons. The van der Waals surface area contributed by atoms with Gasteiger partial charge in [-0.15, -0.1) is 0 Å². The molecule has 30 heavy (non-hydrogen) atoms. The maximum Gasteiger partial charge on any atom is 0.240 e. The number of methoxy groups -OCH3 is 1. The molecule has 3 N–H and O–H groups in total. The summed E-state index contributed by atoms with van der Waals surface area (Å²) in [5.74, 6) is 0.236. The van der Waals surface area contributed by atoms with E-state index in [0.717, 1.165) is 30.4 Å². The van der Waals surface area contributed by atoms with Crippen LogP contribution in [-0.2, 0) is 10.0 Å². The van der Waals surface area contributed by atoms with Crippen LogP contribution in [0.15, 0.2) is 47.4 Å². The Morgan fingerprint density at radius 2 is 1.93 bits per heavy atom. The highest BCUT2D eigenvalue weighted by Crippen LogP contribution is 2.36. The van der Waals surface area contributed by atoms with Crippen molar-refractivity contribution in [3.63, 3.8) is 0 Å². The maximum atomic E-state index is 13.6. The van der Waals surface area contributed by atoms with Crippen LogP contribution in [0.3, 0.4) is 0 Å². The van der Waals surface area contributed by atoms with Crippen LogP contribution in [0.4, 0.5) is 4.39 Å². The normalized spacial score (nSPS) is 20.3. The van der Waals surface area contributed by atoms with Gasteiger partial charge in [0.05, 0.1) is 18.6 Å². The Kier molecular flexibility index (Phi) is 7.46. The molecule has 1 aliphatic rings. The average molecular weight is 437 g/mol. The summed E-state index contributed by atoms with van der Waals surface area (Å²) in [7, 11) is -2.13. The van der Waals surface area contributed by atoms with E-state index in [0.29, 0.717) is 12.0 Å². The number of hydrogen-bond donors (Lipinski definition) is 3. The molecule has 0 radical (unpaired) electrons. The first kappa shape index (κ1) is 22.7. The van der Waals surface area contributed by atoms with Crippen LogP contribution < -0.4 is 14.8 Å². The second-order valence-corrected chi connectivity index (χ2v) is 9.45. The van der Waals surface area contributed by atoms with Crippen molar-refractivity contribution < 1.29 is 22.7 Å². The van der Waals surface area contributed by atoms with E-state index in [9.17, 15) is 12.8 Å². The molecule has 0 spiro atoms. The summed E-state index contributed by atoms with van der Waals surface area (Å²) in [5.41, 5.74) is 2.10. The Morgan fingerprint density at radius 1 is 1.20 bits per heavy atom. The molecule has 0 aromatic heterocycles. The predicted molar refractivity (Wildman–Crippen MR) is 114 cm³/mol. The number of aliphatic hydroxyl groups excluding tert-OH is 1. The fourth-order valence-electron chi connectivity index (χ4n) is 4.01. The van der Waals surface area contributed by atoms with Crippen molar-refractivity contribution in [3.05, 3.63) is 59.4 Å². The van der Waals surface area contributed by atoms with Gasteiger partial charge in [0, 0.05) is 18.6 Å². The first-order valence-corrected chi connectivity index (χ1v) is 11.6. The van der Waals surface area contributed by atoms with E-state index in [1.165, 1.54) is 13.2 Å². The van der Waals surface area contributed by atoms with E-state index in [1.54, 1.807) is 24.3 Å². The van der Waals surface area contributed by atoms with Crippen molar-refractivity contribution in [1.29, 1.82) is 0 Å². The third-order valence-electron chi connectivity index (χ3n) is 5.66. The van der Waals surface area contributed by atoms with Crippen LogP contribution in [0, 0.1) is 5.82 Å². The Bertz CT molecular complexity index is 950. The highest BCUT2D eigenvalue weighted by molar-refractivity contribution is 7.89. The number of sulfonamides is 1. The molecule has 1 fully saturated rings. The van der Waals surface area contributed by atoms with Gasteiger partial charge in [0.1, 0.15) is 0 Å². The zero-order valence-corrected chi connectivity index (χ0v) is 18.1. The summed E-state index contributed by atoms with van der Waals surface area (Å²) < 4.78 is 45.3. The van der Waals surface area contributed by atoms with E-state index in [1.807, 2.05) is 12.1 Å². The van der Waals surface area contributed by atoms with E-state index in [4.69, 9.17) is 9.84 Å². The van der Waals surface area contributed by atoms with Gasteiger partial charge in [-0.3, -0.25) is 0 Å². The summed E-state index contributed by atoms with van der Waals surface area (Å²) in [6.45, 7) is 1.81. The molecule has 0 saturated heterocycles. The lowest BCUT2D eigenvalue weighted by Crippen LogP contribution is -2.29. The molecular formula is C22H29FN2O4S. The highest BCUT2D eigenvalue weighted by Gasteiger charge is 2.27. The van der Waals surface area contributed by atoms with Gasteiger partial charge in [0.25, 0.3) is 0 Å². The van der Waals surface area contributed by atoms with Crippen LogP contribution in [-0.4, -0.2) is 39.8 Å². The zero-order chi connectivity index (χ0) is 21.7. The van der Waals surface area contributed by atoms with Gasteiger partial charge in [-0.1, -0.05) is 18.2 Å². The van der Waals surface area contributed by atoms with Gasteiger partial charge in [-0.2, -0.15) is 0 Å². The van der Waals surface area contributed by atoms with Crippen LogP contribution in [0.1, 0.15) is 49.3 Å². The van der Waals surface area contributed by atoms with Crippen LogP contribution in [0.2, 0.25) is 0 Å². The van der Waals surface area contributed by atoms with Gasteiger partial charge < -0.3 is 15.2 Å². The first-order chi connectivity index (χ1) is 14.3. The van der Waals surface area contributed by atoms with E-state index >= 15 is 0 Å². The Balaban J connectivity index is 1.60. The molecule has 0 bridgehead atoms. The van der Waals surface area contributed by atoms with Crippen LogP contribution in [0.5, 0.6) is 5.75 Å². The maximum absolute atomic E-state index is 13.6. The lowest BCUT2D eigenvalue weighted by Gasteiger charge is -2.21. The van der Waals surface area contributed by atoms with Crippen LogP contribution >= 0.6 is 0 Å². The number of aliphatic hydroxyl groups is 1. The Hall–Kier alpha value is -2.00. The van der Waals surface area contributed by atoms with Gasteiger partial charge in [-0.25, -0.2) is 17.5 Å². The summed E-state index contributed by atoms with van der Waals surface area (Å²) in [4.78, 5) is 0.200. The largest absolute Gasteiger partial charge is 0.494 e. The lowest BCUT2D eigenvalue weighted by molar-refractivity contribution is 0.301. The fourth-order valence-corrected chi connectivity index (χ4v) is 5.03. The lowest BCUT2D eigenvalue weighted by atomic mass is 9.97. The second kappa shape index (κ2) is 9.87. The van der Waals surface area contributed by atoms with Crippen molar-refractivity contribution in [3.8, 4) is 5.75 Å². The fraction of sp³-hybridized carbons (Fsp3) is 0.455. The van der Waals surface area contributed by atoms with Crippen molar-refractivity contribution in [2.45, 2.75) is 49.1 Å². The van der Waals surface area contributed by atoms with Crippen molar-refractivity contribution in [2.75, 3.05) is 20.3 Å². The number of halogens is 1. The topological polar surface area (TPSA) is 87.7 Å². The average Bonchev–Trinajstić information content (AvgIpc) is 3.21. The SMILES string of the molecule is COc1cc(C(C)NC2CCC(c3ccc(S(=O)(=O)NCCO)cc3)C2)ccc1F. The molecule has 1 aliphatic carbocycles. The van der Waals surface area contributed by atoms with Crippen molar-refractivity contribution >= 4 is 10.0 Å². The Morgan fingerprint density at radius 3 is 2.60 bits per heavy atom. The summed E-state index contributed by atoms with van der Waals surface area (Å²) in [6, 6.07) is 12.3. The molecule has 6 nitrogen and oxygen atoms in total. The van der Waals surface area contributed by atoms with Gasteiger partial charge in [0.2, 0.25) is 10.0 Å². The minimum atomic E-state index is -3.59. The molecule has 3 rings (SSSR count). The molecule has 2 aromatic rings. The van der Waals surface area contributed by atoms with Gasteiger partial charge in [-0.05, 0) is 67.5 Å². The number of nitrogens with one attached hydrogen (secondary N) is 2. The molecular weight excluding hydrogens is 407 g/mol. The summed E-state index contributed by atoms with van der Waals surface area (Å²) >= 11 is 0. The van der Waals surface area contributed by atoms with Crippen molar-refractivity contribution in [1.82, 2.24) is 10.0 Å². The number of rotatable bonds is 9. The zero-order valence-electron chi connectivity index (χ0n) is 17.3. The summed E-state index contributed by atoms with van der Waals surface area (Å²) in [5, 5.41) is 12.4. The molecule has 1 saturated carbocycles. The monoisotopic (exact) mass is 436 g/mol. The minimum absolute atomic E-state index is 0.00181. The number of hydrogen-bond acceptors (Lipinski definition) is 5. The van der Waals surface area contributed by atoms with E-state index in [-0.39, 0.29) is 35.7 Å². The van der Waals surface area contributed by atoms with E-state index < -0.39 is 10.0 Å². The Labute approximate surface area is 177 Å². The van der Waals surface area contributed by atoms with Gasteiger partial charge in [0.15, 0.2) is 11.6 Å². The quantitative estimate of drug-likeness (QED) is 0.562. The van der Waals surface area contributed by atoms with Gasteiger partial charge >= 0.3 is 0 Å². The molecule has 0 heterocycles. The summed E-state index contributed by atoms with van der Waals surface area (Å²) in [6.07, 6.45) is 2.99. The molecule has 8 heteroatoms. The van der Waals surface area contributed by atoms with Crippen LogP contribution in [0.25, 0.3) is 0 Å². The number of ether oxygens (including phenoxy) is 1. The second-order valence-electron chi connectivity index (χ2n) is 7.68. The third kappa shape index (κ3) is 5.37. The molecule has 3 unspecified atom stereocenters. The standard InChI is InChI=1S/C22H29FN2O4S/c1-15(17-6-10-21(23)22(14-17)29-2)25-19-7-3-18(13-19)16-4-8-20(9-5-16)30(27,28)24-11-12-26/h4-6,8-10,14-15,18-19,24-26H,3,7,11-13H2,1-2H3. The molecule has 2 aromatic carbocycles. The predicted octanol–water partition coefficient (Wildman–Crippen LogP) is 3.09. The van der Waals surface area contributed by atoms with E-state index in [2.05, 4.69) is 17.0 Å². The highest BCUT2D eigenvalue weighted by atomic mass is 32.2. The number of benzene rings is 2.